The molecule has 0 spiro atoms. The van der Waals surface area contributed by atoms with Crippen LogP contribution in [0.15, 0.2) is 0 Å². The Bertz CT molecular complexity index is 408. The van der Waals surface area contributed by atoms with Gasteiger partial charge >= 0.3 is 0 Å². The maximum atomic E-state index is 12.4. The Morgan fingerprint density at radius 1 is 1.00 bits per heavy atom. The second-order valence-corrected chi connectivity index (χ2v) is 7.50. The van der Waals surface area contributed by atoms with Gasteiger partial charge < -0.3 is 4.74 Å². The van der Waals surface area contributed by atoms with Crippen molar-refractivity contribution in [3.63, 3.8) is 0 Å². The molecule has 2 aliphatic rings. The Morgan fingerprint density at radius 2 is 1.47 bits per heavy atom. The van der Waals surface area contributed by atoms with Gasteiger partial charge in [-0.1, -0.05) is 46.4 Å². The maximum absolute atomic E-state index is 12.4. The maximum Gasteiger partial charge on any atom is 0.217 e. The lowest BCUT2D eigenvalue weighted by Gasteiger charge is -2.45. The number of carbonyl (C=O) groups is 2. The quantitative estimate of drug-likeness (QED) is 0.661. The van der Waals surface area contributed by atoms with E-state index in [1.165, 1.54) is 0 Å². The van der Waals surface area contributed by atoms with Gasteiger partial charge in [0, 0.05) is 13.1 Å². The molecular weight excluding hydrogens is 359 g/mol. The number of ketones is 2. The summed E-state index contributed by atoms with van der Waals surface area (Å²) in [6, 6.07) is -0.946. The van der Waals surface area contributed by atoms with Gasteiger partial charge in [-0.2, -0.15) is 0 Å². The fourth-order valence-electron chi connectivity index (χ4n) is 2.15. The number of carbonyl (C=O) groups excluding carboxylic acids is 2. The lowest BCUT2D eigenvalue weighted by molar-refractivity contribution is -0.136. The third-order valence-electron chi connectivity index (χ3n) is 3.25. The fraction of sp³-hybridized carbons (Fsp3) is 0.800. The van der Waals surface area contributed by atoms with E-state index in [0.717, 1.165) is 0 Å². The van der Waals surface area contributed by atoms with Crippen molar-refractivity contribution in [3.05, 3.63) is 0 Å². The molecule has 0 N–H and O–H groups in total. The third kappa shape index (κ3) is 2.50. The molecule has 108 valence electrons. The molecule has 1 saturated heterocycles. The smallest absolute Gasteiger partial charge is 0.217 e. The summed E-state index contributed by atoms with van der Waals surface area (Å²) in [5.74, 6) is -1.43. The molecular formula is C10H10Cl5NO3. The standard InChI is InChI=1S/C10H10Cl5NO3/c11-5-6(16-1-3-19-4-2-16)8(18)10(14,15)9(12,13)7(5)17/h5-6H,1-4H2. The topological polar surface area (TPSA) is 46.6 Å². The van der Waals surface area contributed by atoms with Gasteiger partial charge in [0.05, 0.1) is 19.3 Å². The molecule has 2 unspecified atom stereocenters. The molecule has 0 amide bonds. The molecule has 1 aliphatic heterocycles. The van der Waals surface area contributed by atoms with E-state index in [2.05, 4.69) is 0 Å². The van der Waals surface area contributed by atoms with Crippen LogP contribution in [0.2, 0.25) is 0 Å². The second-order valence-electron chi connectivity index (χ2n) is 4.37. The zero-order valence-electron chi connectivity index (χ0n) is 9.54. The molecule has 0 aromatic heterocycles. The molecule has 2 atom stereocenters. The minimum Gasteiger partial charge on any atom is -0.379 e. The predicted molar refractivity (Wildman–Crippen MR) is 74.7 cm³/mol. The SMILES string of the molecule is O=C1C(Cl)C(N2CCOCC2)C(=O)C(Cl)(Cl)C1(Cl)Cl. The van der Waals surface area contributed by atoms with E-state index in [4.69, 9.17) is 62.7 Å². The highest BCUT2D eigenvalue weighted by atomic mass is 35.5. The van der Waals surface area contributed by atoms with Crippen LogP contribution in [0.3, 0.4) is 0 Å². The molecule has 1 saturated carbocycles. The van der Waals surface area contributed by atoms with Gasteiger partial charge in [0.15, 0.2) is 11.6 Å². The predicted octanol–water partition coefficient (Wildman–Crippen LogP) is 1.79. The highest BCUT2D eigenvalue weighted by Crippen LogP contribution is 2.50. The van der Waals surface area contributed by atoms with Crippen LogP contribution in [0.5, 0.6) is 0 Å². The first-order chi connectivity index (χ1) is 8.71. The lowest BCUT2D eigenvalue weighted by Crippen LogP contribution is -2.68. The Kier molecular flexibility index (Phi) is 4.64. The van der Waals surface area contributed by atoms with E-state index < -0.39 is 31.7 Å². The number of alkyl halides is 5. The van der Waals surface area contributed by atoms with Crippen molar-refractivity contribution in [2.45, 2.75) is 20.1 Å². The van der Waals surface area contributed by atoms with Crippen LogP contribution in [-0.2, 0) is 14.3 Å². The van der Waals surface area contributed by atoms with Crippen LogP contribution < -0.4 is 0 Å². The van der Waals surface area contributed by atoms with E-state index in [1.807, 2.05) is 0 Å². The Labute approximate surface area is 135 Å². The summed E-state index contributed by atoms with van der Waals surface area (Å²) in [6.07, 6.45) is 0. The van der Waals surface area contributed by atoms with Crippen molar-refractivity contribution >= 4 is 69.6 Å². The summed E-state index contributed by atoms with van der Waals surface area (Å²) in [5, 5.41) is -1.19. The second kappa shape index (κ2) is 5.48. The number of halogens is 5. The Hall–Kier alpha value is 0.710. The van der Waals surface area contributed by atoms with Crippen LogP contribution in [0, 0.1) is 0 Å². The highest BCUT2D eigenvalue weighted by Gasteiger charge is 2.67. The number of Topliss-reactive ketones (excluding diaryl/α,β-unsaturated/α-hetero) is 2. The number of ether oxygens (including phenoxy) is 1. The van der Waals surface area contributed by atoms with Crippen molar-refractivity contribution in [1.82, 2.24) is 4.90 Å². The fourth-order valence-corrected chi connectivity index (χ4v) is 3.53. The first-order valence-corrected chi connectivity index (χ1v) is 7.46. The van der Waals surface area contributed by atoms with Crippen LogP contribution in [0.25, 0.3) is 0 Å². The van der Waals surface area contributed by atoms with Crippen molar-refractivity contribution in [2.24, 2.45) is 0 Å². The van der Waals surface area contributed by atoms with E-state index in [-0.39, 0.29) is 0 Å². The highest BCUT2D eigenvalue weighted by molar-refractivity contribution is 6.76. The number of nitrogens with zero attached hydrogens (tertiary/aromatic N) is 1. The molecule has 9 heteroatoms. The van der Waals surface area contributed by atoms with Gasteiger partial charge in [-0.3, -0.25) is 14.5 Å². The van der Waals surface area contributed by atoms with E-state index >= 15 is 0 Å². The zero-order valence-corrected chi connectivity index (χ0v) is 13.3. The molecule has 0 aromatic carbocycles. The molecule has 1 heterocycles. The molecule has 19 heavy (non-hydrogen) atoms. The monoisotopic (exact) mass is 367 g/mol. The first kappa shape index (κ1) is 16.1. The van der Waals surface area contributed by atoms with Gasteiger partial charge in [0.25, 0.3) is 0 Å². The largest absolute Gasteiger partial charge is 0.379 e. The normalized spacial score (nSPS) is 35.4. The van der Waals surface area contributed by atoms with Gasteiger partial charge in [-0.05, 0) is 0 Å². The number of hydrogen-bond acceptors (Lipinski definition) is 4. The summed E-state index contributed by atoms with van der Waals surface area (Å²) >= 11 is 29.5. The summed E-state index contributed by atoms with van der Waals surface area (Å²) in [6.45, 7) is 1.78. The summed E-state index contributed by atoms with van der Waals surface area (Å²) in [5.41, 5.74) is 0. The van der Waals surface area contributed by atoms with Crippen LogP contribution in [-0.4, -0.2) is 62.9 Å². The molecule has 4 nitrogen and oxygen atoms in total. The summed E-state index contributed by atoms with van der Waals surface area (Å²) < 4.78 is 0.713. The van der Waals surface area contributed by atoms with Crippen molar-refractivity contribution in [3.8, 4) is 0 Å². The average molecular weight is 369 g/mol. The van der Waals surface area contributed by atoms with Crippen molar-refractivity contribution in [1.29, 1.82) is 0 Å². The number of rotatable bonds is 1. The molecule has 2 fully saturated rings. The Balaban J connectivity index is 2.34. The first-order valence-electron chi connectivity index (χ1n) is 5.51. The minimum absolute atomic E-state index is 0.437. The van der Waals surface area contributed by atoms with Crippen LogP contribution in [0.4, 0.5) is 0 Å². The molecule has 0 radical (unpaired) electrons. The Morgan fingerprint density at radius 3 is 2.00 bits per heavy atom. The van der Waals surface area contributed by atoms with Gasteiger partial charge in [0.1, 0.15) is 5.38 Å². The van der Waals surface area contributed by atoms with Crippen molar-refractivity contribution in [2.75, 3.05) is 26.3 Å². The van der Waals surface area contributed by atoms with Crippen LogP contribution in [0.1, 0.15) is 0 Å². The lowest BCUT2D eigenvalue weighted by atomic mass is 9.89. The van der Waals surface area contributed by atoms with Gasteiger partial charge in [0.2, 0.25) is 8.67 Å². The zero-order chi connectivity index (χ0) is 14.4. The molecule has 0 aromatic rings. The van der Waals surface area contributed by atoms with E-state index in [0.29, 0.717) is 26.3 Å². The van der Waals surface area contributed by atoms with E-state index in [1.54, 1.807) is 4.90 Å². The summed E-state index contributed by atoms with van der Waals surface area (Å²) in [7, 11) is 0. The van der Waals surface area contributed by atoms with Gasteiger partial charge in [-0.15, -0.1) is 11.6 Å². The third-order valence-corrected chi connectivity index (χ3v) is 5.95. The van der Waals surface area contributed by atoms with Gasteiger partial charge in [-0.25, -0.2) is 0 Å². The van der Waals surface area contributed by atoms with Crippen LogP contribution >= 0.6 is 58.0 Å². The van der Waals surface area contributed by atoms with Crippen molar-refractivity contribution < 1.29 is 14.3 Å². The number of morpholine rings is 1. The molecule has 0 bridgehead atoms. The average Bonchev–Trinajstić information content (AvgIpc) is 2.37. The minimum atomic E-state index is -2.25. The molecule has 1 aliphatic carbocycles. The number of hydrogen-bond donors (Lipinski definition) is 0. The molecule has 2 rings (SSSR count). The summed E-state index contributed by atoms with van der Waals surface area (Å²) in [4.78, 5) is 26.2. The van der Waals surface area contributed by atoms with E-state index in [9.17, 15) is 9.59 Å².